The molecule has 3 heteroatoms. The number of hydrogen-bond donors (Lipinski definition) is 0. The Morgan fingerprint density at radius 1 is 1.36 bits per heavy atom. The number of nitrogens with zero attached hydrogens (tertiary/aromatic N) is 2. The van der Waals surface area contributed by atoms with Crippen molar-refractivity contribution in [2.45, 2.75) is 26.7 Å². The monoisotopic (exact) mass is 170 g/mol. The quantitative estimate of drug-likeness (QED) is 0.648. The van der Waals surface area contributed by atoms with Gasteiger partial charge in [0.05, 0.1) is 5.69 Å². The Labute approximate surface area is 71.6 Å². The first-order chi connectivity index (χ1) is 5.11. The molecule has 2 nitrogen and oxygen atoms in total. The first kappa shape index (κ1) is 8.47. The molecule has 0 aliphatic carbocycles. The first-order valence-corrected chi connectivity index (χ1v) is 3.98. The number of aryl methyl sites for hydroxylation is 1. The van der Waals surface area contributed by atoms with Gasteiger partial charge in [-0.15, -0.1) is 5.10 Å². The van der Waals surface area contributed by atoms with Crippen LogP contribution in [0.4, 0.5) is 0 Å². The maximum Gasteiger partial charge on any atom is 0.155 e. The number of hydrogen-bond acceptors (Lipinski definition) is 2. The Morgan fingerprint density at radius 2 is 2.00 bits per heavy atom. The Hall–Kier alpha value is -0.630. The summed E-state index contributed by atoms with van der Waals surface area (Å²) in [5.74, 6) is 0.414. The molecule has 1 aromatic heterocycles. The third-order valence-corrected chi connectivity index (χ3v) is 1.81. The van der Waals surface area contributed by atoms with E-state index in [4.69, 9.17) is 11.6 Å². The van der Waals surface area contributed by atoms with Gasteiger partial charge >= 0.3 is 0 Å². The van der Waals surface area contributed by atoms with Crippen molar-refractivity contribution in [3.05, 3.63) is 22.5 Å². The van der Waals surface area contributed by atoms with Crippen molar-refractivity contribution in [2.75, 3.05) is 0 Å². The molecule has 1 rings (SSSR count). The summed E-state index contributed by atoms with van der Waals surface area (Å²) in [7, 11) is 0. The van der Waals surface area contributed by atoms with E-state index in [2.05, 4.69) is 24.0 Å². The van der Waals surface area contributed by atoms with Crippen molar-refractivity contribution in [2.24, 2.45) is 0 Å². The van der Waals surface area contributed by atoms with Gasteiger partial charge in [-0.3, -0.25) is 0 Å². The zero-order valence-electron chi connectivity index (χ0n) is 6.93. The fourth-order valence-corrected chi connectivity index (χ4v) is 1.21. The van der Waals surface area contributed by atoms with Gasteiger partial charge in [0, 0.05) is 0 Å². The van der Waals surface area contributed by atoms with Gasteiger partial charge in [0.1, 0.15) is 0 Å². The topological polar surface area (TPSA) is 25.8 Å². The minimum Gasteiger partial charge on any atom is -0.154 e. The smallest absolute Gasteiger partial charge is 0.154 e. The van der Waals surface area contributed by atoms with Gasteiger partial charge in [-0.2, -0.15) is 5.10 Å². The summed E-state index contributed by atoms with van der Waals surface area (Å²) >= 11 is 5.82. The Morgan fingerprint density at radius 3 is 2.45 bits per heavy atom. The van der Waals surface area contributed by atoms with Crippen molar-refractivity contribution >= 4 is 11.6 Å². The van der Waals surface area contributed by atoms with Crippen molar-refractivity contribution < 1.29 is 0 Å². The van der Waals surface area contributed by atoms with Crippen LogP contribution >= 0.6 is 11.6 Å². The highest BCUT2D eigenvalue weighted by molar-refractivity contribution is 6.30. The predicted molar refractivity (Wildman–Crippen MR) is 45.9 cm³/mol. The molecule has 1 aromatic rings. The highest BCUT2D eigenvalue weighted by Crippen LogP contribution is 2.21. The zero-order chi connectivity index (χ0) is 8.43. The van der Waals surface area contributed by atoms with Crippen LogP contribution < -0.4 is 0 Å². The van der Waals surface area contributed by atoms with Crippen LogP contribution in [0.15, 0.2) is 6.07 Å². The van der Waals surface area contributed by atoms with Gasteiger partial charge in [-0.05, 0) is 24.5 Å². The van der Waals surface area contributed by atoms with Crippen molar-refractivity contribution in [1.82, 2.24) is 10.2 Å². The minimum atomic E-state index is 0.414. The Kier molecular flexibility index (Phi) is 2.45. The van der Waals surface area contributed by atoms with Crippen LogP contribution in [0.2, 0.25) is 5.15 Å². The molecule has 1 heterocycles. The highest BCUT2D eigenvalue weighted by atomic mass is 35.5. The molecule has 0 saturated carbocycles. The highest BCUT2D eigenvalue weighted by Gasteiger charge is 2.06. The summed E-state index contributed by atoms with van der Waals surface area (Å²) in [6.45, 7) is 6.08. The normalized spacial score (nSPS) is 10.6. The fourth-order valence-electron chi connectivity index (χ4n) is 0.899. The molecule has 0 aliphatic rings. The van der Waals surface area contributed by atoms with E-state index in [0.717, 1.165) is 11.3 Å². The molecule has 0 amide bonds. The lowest BCUT2D eigenvalue weighted by Gasteiger charge is -2.05. The molecular weight excluding hydrogens is 160 g/mol. The average Bonchev–Trinajstić information content (AvgIpc) is 1.94. The molecule has 0 fully saturated rings. The van der Waals surface area contributed by atoms with Crippen LogP contribution in [-0.4, -0.2) is 10.2 Å². The average molecular weight is 171 g/mol. The molecule has 0 N–H and O–H groups in total. The van der Waals surface area contributed by atoms with Gasteiger partial charge in [-0.1, -0.05) is 25.4 Å². The Balaban J connectivity index is 3.13. The van der Waals surface area contributed by atoms with Crippen LogP contribution in [0.3, 0.4) is 0 Å². The number of aromatic nitrogens is 2. The Bertz CT molecular complexity index is 258. The lowest BCUT2D eigenvalue weighted by molar-refractivity contribution is 0.832. The molecule has 0 aromatic carbocycles. The summed E-state index contributed by atoms with van der Waals surface area (Å²) in [5.41, 5.74) is 1.98. The molecule has 0 saturated heterocycles. The van der Waals surface area contributed by atoms with E-state index in [1.165, 1.54) is 0 Å². The molecule has 0 spiro atoms. The second kappa shape index (κ2) is 3.18. The molecule has 0 radical (unpaired) electrons. The van der Waals surface area contributed by atoms with Gasteiger partial charge in [0.15, 0.2) is 5.15 Å². The summed E-state index contributed by atoms with van der Waals surface area (Å²) in [6.07, 6.45) is 0. The molecule has 0 atom stereocenters. The van der Waals surface area contributed by atoms with E-state index in [1.54, 1.807) is 0 Å². The van der Waals surface area contributed by atoms with Gasteiger partial charge in [0.25, 0.3) is 0 Å². The van der Waals surface area contributed by atoms with E-state index < -0.39 is 0 Å². The molecule has 0 aliphatic heterocycles. The van der Waals surface area contributed by atoms with Gasteiger partial charge < -0.3 is 0 Å². The van der Waals surface area contributed by atoms with Crippen molar-refractivity contribution in [3.63, 3.8) is 0 Å². The maximum atomic E-state index is 5.82. The van der Waals surface area contributed by atoms with E-state index in [9.17, 15) is 0 Å². The third kappa shape index (κ3) is 1.90. The molecule has 0 bridgehead atoms. The number of halogens is 1. The lowest BCUT2D eigenvalue weighted by atomic mass is 10.1. The zero-order valence-corrected chi connectivity index (χ0v) is 7.68. The van der Waals surface area contributed by atoms with Crippen LogP contribution in [0.25, 0.3) is 0 Å². The van der Waals surface area contributed by atoms with Gasteiger partial charge in [0.2, 0.25) is 0 Å². The molecular formula is C8H11ClN2. The number of rotatable bonds is 1. The van der Waals surface area contributed by atoms with E-state index in [-0.39, 0.29) is 0 Å². The van der Waals surface area contributed by atoms with E-state index >= 15 is 0 Å². The van der Waals surface area contributed by atoms with Crippen LogP contribution in [0, 0.1) is 6.92 Å². The predicted octanol–water partition coefficient (Wildman–Crippen LogP) is 2.56. The summed E-state index contributed by atoms with van der Waals surface area (Å²) in [6, 6.07) is 1.97. The second-order valence-electron chi connectivity index (χ2n) is 2.89. The lowest BCUT2D eigenvalue weighted by Crippen LogP contribution is -1.95. The molecule has 0 unspecified atom stereocenters. The SMILES string of the molecule is Cc1cc(C(C)C)c(Cl)nn1. The van der Waals surface area contributed by atoms with E-state index in [1.807, 2.05) is 13.0 Å². The second-order valence-corrected chi connectivity index (χ2v) is 3.24. The largest absolute Gasteiger partial charge is 0.155 e. The fraction of sp³-hybridized carbons (Fsp3) is 0.500. The van der Waals surface area contributed by atoms with E-state index in [0.29, 0.717) is 11.1 Å². The van der Waals surface area contributed by atoms with Crippen LogP contribution in [-0.2, 0) is 0 Å². The summed E-state index contributed by atoms with van der Waals surface area (Å²) in [4.78, 5) is 0. The van der Waals surface area contributed by atoms with Crippen LogP contribution in [0.5, 0.6) is 0 Å². The minimum absolute atomic E-state index is 0.414. The third-order valence-electron chi connectivity index (χ3n) is 1.52. The maximum absolute atomic E-state index is 5.82. The first-order valence-electron chi connectivity index (χ1n) is 3.61. The summed E-state index contributed by atoms with van der Waals surface area (Å²) < 4.78 is 0. The molecule has 11 heavy (non-hydrogen) atoms. The van der Waals surface area contributed by atoms with Crippen molar-refractivity contribution in [1.29, 1.82) is 0 Å². The molecule has 60 valence electrons. The standard InChI is InChI=1S/C8H11ClN2/c1-5(2)7-4-6(3)10-11-8(7)9/h4-5H,1-3H3. The van der Waals surface area contributed by atoms with Crippen LogP contribution in [0.1, 0.15) is 31.0 Å². The van der Waals surface area contributed by atoms with Crippen molar-refractivity contribution in [3.8, 4) is 0 Å². The van der Waals surface area contributed by atoms with Gasteiger partial charge in [-0.25, -0.2) is 0 Å². The summed E-state index contributed by atoms with van der Waals surface area (Å²) in [5, 5.41) is 8.17.